The fourth-order valence-corrected chi connectivity index (χ4v) is 9.24. The van der Waals surface area contributed by atoms with Crippen molar-refractivity contribution in [1.82, 2.24) is 0 Å². The van der Waals surface area contributed by atoms with Gasteiger partial charge in [-0.1, -0.05) is 184 Å². The van der Waals surface area contributed by atoms with E-state index in [4.69, 9.17) is 4.42 Å². The molecule has 0 amide bonds. The number of rotatable bonds is 7. The number of hydrogen-bond acceptors (Lipinski definition) is 2. The fraction of sp³-hybridized carbons (Fsp3) is 0.0526. The molecule has 0 saturated heterocycles. The molecule has 1 aliphatic rings. The van der Waals surface area contributed by atoms with Crippen molar-refractivity contribution in [2.75, 3.05) is 4.90 Å². The Kier molecular flexibility index (Phi) is 8.20. The van der Waals surface area contributed by atoms with Crippen LogP contribution in [0.2, 0.25) is 0 Å². The van der Waals surface area contributed by atoms with Crippen LogP contribution >= 0.6 is 0 Å². The predicted molar refractivity (Wildman–Crippen MR) is 248 cm³/mol. The van der Waals surface area contributed by atoms with Gasteiger partial charge in [-0.25, -0.2) is 0 Å². The van der Waals surface area contributed by atoms with Gasteiger partial charge in [-0.3, -0.25) is 0 Å². The van der Waals surface area contributed by atoms with Crippen LogP contribution in [0.25, 0.3) is 77.6 Å². The minimum atomic E-state index is -0.234. The van der Waals surface area contributed by atoms with Crippen LogP contribution in [0.15, 0.2) is 217 Å². The zero-order chi connectivity index (χ0) is 39.5. The van der Waals surface area contributed by atoms with E-state index in [9.17, 15) is 0 Å². The second kappa shape index (κ2) is 13.9. The van der Waals surface area contributed by atoms with Crippen molar-refractivity contribution < 1.29 is 4.42 Å². The first-order valence-corrected chi connectivity index (χ1v) is 20.4. The van der Waals surface area contributed by atoms with Crippen molar-refractivity contribution in [3.63, 3.8) is 0 Å². The first-order chi connectivity index (χ1) is 29.0. The van der Waals surface area contributed by atoms with E-state index in [2.05, 4.69) is 231 Å². The van der Waals surface area contributed by atoms with Crippen LogP contribution < -0.4 is 4.90 Å². The third kappa shape index (κ3) is 5.87. The van der Waals surface area contributed by atoms with Crippen LogP contribution in [-0.2, 0) is 5.41 Å². The highest BCUT2D eigenvalue weighted by Gasteiger charge is 2.40. The highest BCUT2D eigenvalue weighted by molar-refractivity contribution is 6.19. The Hall–Kier alpha value is -7.42. The summed E-state index contributed by atoms with van der Waals surface area (Å²) >= 11 is 0. The smallest absolute Gasteiger partial charge is 0.137 e. The van der Waals surface area contributed by atoms with Crippen LogP contribution in [0.5, 0.6) is 0 Å². The molecule has 2 nitrogen and oxygen atoms in total. The van der Waals surface area contributed by atoms with Crippen molar-refractivity contribution in [2.45, 2.75) is 19.3 Å². The van der Waals surface area contributed by atoms with Gasteiger partial charge in [0.15, 0.2) is 0 Å². The number of anilines is 3. The van der Waals surface area contributed by atoms with E-state index in [1.807, 2.05) is 0 Å². The summed E-state index contributed by atoms with van der Waals surface area (Å²) in [6.07, 6.45) is 0. The Bertz CT molecular complexity index is 3130. The summed E-state index contributed by atoms with van der Waals surface area (Å²) < 4.78 is 6.96. The highest BCUT2D eigenvalue weighted by Crippen LogP contribution is 2.58. The molecular formula is C57H41NO. The summed E-state index contributed by atoms with van der Waals surface area (Å²) in [4.78, 5) is 2.47. The highest BCUT2D eigenvalue weighted by atomic mass is 16.3. The summed E-state index contributed by atoms with van der Waals surface area (Å²) in [5.41, 5.74) is 19.4. The van der Waals surface area contributed by atoms with E-state index in [0.717, 1.165) is 44.6 Å². The van der Waals surface area contributed by atoms with Gasteiger partial charge in [0.05, 0.1) is 11.1 Å². The second-order valence-corrected chi connectivity index (χ2v) is 16.1. The van der Waals surface area contributed by atoms with Crippen LogP contribution in [0, 0.1) is 0 Å². The van der Waals surface area contributed by atoms with Gasteiger partial charge in [0.2, 0.25) is 0 Å². The topological polar surface area (TPSA) is 16.4 Å². The zero-order valence-corrected chi connectivity index (χ0v) is 33.1. The lowest BCUT2D eigenvalue weighted by Gasteiger charge is -2.30. The lowest BCUT2D eigenvalue weighted by Crippen LogP contribution is -2.16. The van der Waals surface area contributed by atoms with Crippen LogP contribution in [0.1, 0.15) is 25.0 Å². The minimum Gasteiger partial charge on any atom is -0.456 e. The van der Waals surface area contributed by atoms with Crippen LogP contribution in [0.3, 0.4) is 0 Å². The molecule has 1 aliphatic carbocycles. The normalized spacial score (nSPS) is 12.7. The standard InChI is InChI=1S/C57H41NO/c1-57(2)50-21-13-12-20-48(50)54-51(57)37-53-55(49-35-30-45(36-52(49)59-53)40-18-10-5-11-19-40)56(54)58(46-31-26-43(27-32-46)39-16-8-4-9-17-39)47-33-28-44(29-34-47)42-24-22-41(23-25-42)38-14-6-3-7-15-38/h3-37H,1-2H3. The molecule has 0 unspecified atom stereocenters. The number of hydrogen-bond donors (Lipinski definition) is 0. The third-order valence-electron chi connectivity index (χ3n) is 12.3. The van der Waals surface area contributed by atoms with Gasteiger partial charge in [0, 0.05) is 27.7 Å². The first kappa shape index (κ1) is 34.8. The van der Waals surface area contributed by atoms with E-state index < -0.39 is 0 Å². The van der Waals surface area contributed by atoms with Crippen molar-refractivity contribution in [3.05, 3.63) is 223 Å². The molecule has 0 atom stereocenters. The molecule has 0 fully saturated rings. The molecule has 0 N–H and O–H groups in total. The van der Waals surface area contributed by atoms with Gasteiger partial charge in [0.25, 0.3) is 0 Å². The average Bonchev–Trinajstić information content (AvgIpc) is 3.78. The number of furan rings is 1. The number of fused-ring (bicyclic) bond motifs is 6. The van der Waals surface area contributed by atoms with E-state index >= 15 is 0 Å². The molecule has 9 aromatic carbocycles. The Morgan fingerprint density at radius 2 is 0.797 bits per heavy atom. The lowest BCUT2D eigenvalue weighted by molar-refractivity contribution is 0.647. The largest absolute Gasteiger partial charge is 0.456 e. The zero-order valence-electron chi connectivity index (χ0n) is 33.1. The summed E-state index contributed by atoms with van der Waals surface area (Å²) in [7, 11) is 0. The molecule has 0 spiro atoms. The Morgan fingerprint density at radius 3 is 1.32 bits per heavy atom. The van der Waals surface area contributed by atoms with Crippen LogP contribution in [-0.4, -0.2) is 0 Å². The quantitative estimate of drug-likeness (QED) is 0.161. The molecule has 1 heterocycles. The van der Waals surface area contributed by atoms with Crippen molar-refractivity contribution in [1.29, 1.82) is 0 Å². The van der Waals surface area contributed by atoms with Crippen molar-refractivity contribution in [2.24, 2.45) is 0 Å². The molecule has 11 rings (SSSR count). The van der Waals surface area contributed by atoms with Gasteiger partial charge in [0.1, 0.15) is 11.2 Å². The van der Waals surface area contributed by atoms with E-state index in [0.29, 0.717) is 0 Å². The Morgan fingerprint density at radius 1 is 0.373 bits per heavy atom. The fourth-order valence-electron chi connectivity index (χ4n) is 9.24. The Balaban J connectivity index is 1.14. The van der Waals surface area contributed by atoms with Crippen molar-refractivity contribution in [3.8, 4) is 55.6 Å². The van der Waals surface area contributed by atoms with Gasteiger partial charge in [-0.05, 0) is 104 Å². The average molecular weight is 756 g/mol. The Labute approximate surface area is 345 Å². The summed E-state index contributed by atoms with van der Waals surface area (Å²) in [6, 6.07) is 76.7. The summed E-state index contributed by atoms with van der Waals surface area (Å²) in [6.45, 7) is 4.70. The van der Waals surface area contributed by atoms with Crippen LogP contribution in [0.4, 0.5) is 17.1 Å². The SMILES string of the molecule is CC1(C)c2ccccc2-c2c1cc1oc3cc(-c4ccccc4)ccc3c1c2N(c1ccc(-c2ccccc2)cc1)c1ccc(-c2ccc(-c3ccccc3)cc2)cc1. The van der Waals surface area contributed by atoms with Gasteiger partial charge < -0.3 is 9.32 Å². The maximum atomic E-state index is 6.96. The van der Waals surface area contributed by atoms with E-state index in [-0.39, 0.29) is 5.41 Å². The van der Waals surface area contributed by atoms with Crippen molar-refractivity contribution >= 4 is 39.0 Å². The molecule has 0 radical (unpaired) electrons. The molecule has 0 bridgehead atoms. The van der Waals surface area contributed by atoms with E-state index in [1.54, 1.807) is 0 Å². The van der Waals surface area contributed by atoms with E-state index in [1.165, 1.54) is 61.2 Å². The molecule has 0 saturated carbocycles. The minimum absolute atomic E-state index is 0.234. The second-order valence-electron chi connectivity index (χ2n) is 16.1. The molecule has 2 heteroatoms. The molecular weight excluding hydrogens is 715 g/mol. The maximum absolute atomic E-state index is 6.96. The molecule has 1 aromatic heterocycles. The first-order valence-electron chi connectivity index (χ1n) is 20.4. The maximum Gasteiger partial charge on any atom is 0.137 e. The third-order valence-corrected chi connectivity index (χ3v) is 12.3. The van der Waals surface area contributed by atoms with Gasteiger partial charge >= 0.3 is 0 Å². The summed E-state index contributed by atoms with van der Waals surface area (Å²) in [5, 5.41) is 2.21. The van der Waals surface area contributed by atoms with Gasteiger partial charge in [-0.2, -0.15) is 0 Å². The molecule has 280 valence electrons. The molecule has 59 heavy (non-hydrogen) atoms. The lowest BCUT2D eigenvalue weighted by atomic mass is 9.82. The van der Waals surface area contributed by atoms with Gasteiger partial charge in [-0.15, -0.1) is 0 Å². The summed E-state index contributed by atoms with van der Waals surface area (Å²) in [5.74, 6) is 0. The molecule has 0 aliphatic heterocycles. The number of nitrogens with zero attached hydrogens (tertiary/aromatic N) is 1. The number of benzene rings is 9. The predicted octanol–water partition coefficient (Wildman–Crippen LogP) is 16.0. The molecule has 10 aromatic rings. The monoisotopic (exact) mass is 755 g/mol.